The Morgan fingerprint density at radius 1 is 0.909 bits per heavy atom. The number of alkyl halides is 3. The van der Waals surface area contributed by atoms with E-state index in [0.717, 1.165) is 23.5 Å². The van der Waals surface area contributed by atoms with Gasteiger partial charge in [-0.05, 0) is 42.5 Å². The standard InChI is InChI=1S/C16H12F3NO2/c17-16(18,19)10-3-5-11(6-4-10)20-14(21)12-8-1-2-9(7-8)13(12)15(20)22/h1-6,8-9,12-13H,7H2/t8-,9-,12-,13+/m0/s1. The minimum atomic E-state index is -4.43. The summed E-state index contributed by atoms with van der Waals surface area (Å²) in [5.41, 5.74) is -0.575. The lowest BCUT2D eigenvalue weighted by atomic mass is 9.85. The topological polar surface area (TPSA) is 37.4 Å². The van der Waals surface area contributed by atoms with Gasteiger partial charge in [-0.2, -0.15) is 13.2 Å². The number of carbonyl (C=O) groups is 2. The van der Waals surface area contributed by atoms with Crippen molar-refractivity contribution in [2.45, 2.75) is 12.6 Å². The second kappa shape index (κ2) is 4.21. The van der Waals surface area contributed by atoms with E-state index in [2.05, 4.69) is 0 Å². The molecule has 2 amide bonds. The fraction of sp³-hybridized carbons (Fsp3) is 0.375. The maximum atomic E-state index is 12.6. The Morgan fingerprint density at radius 3 is 1.86 bits per heavy atom. The lowest BCUT2D eigenvalue weighted by molar-refractivity contribution is -0.137. The Kier molecular flexibility index (Phi) is 2.59. The van der Waals surface area contributed by atoms with Crippen LogP contribution in [0.4, 0.5) is 18.9 Å². The number of carbonyl (C=O) groups excluding carboxylic acids is 2. The van der Waals surface area contributed by atoms with Crippen molar-refractivity contribution < 1.29 is 22.8 Å². The molecule has 6 heteroatoms. The van der Waals surface area contributed by atoms with Crippen molar-refractivity contribution in [1.82, 2.24) is 0 Å². The van der Waals surface area contributed by atoms with Crippen LogP contribution in [0.3, 0.4) is 0 Å². The highest BCUT2D eigenvalue weighted by atomic mass is 19.4. The van der Waals surface area contributed by atoms with Crippen LogP contribution in [0.1, 0.15) is 12.0 Å². The Morgan fingerprint density at radius 2 is 1.41 bits per heavy atom. The molecule has 3 aliphatic rings. The normalized spacial score (nSPS) is 33.0. The Labute approximate surface area is 124 Å². The maximum absolute atomic E-state index is 12.6. The van der Waals surface area contributed by atoms with E-state index in [1.165, 1.54) is 12.1 Å². The first-order chi connectivity index (χ1) is 10.4. The first-order valence-electron chi connectivity index (χ1n) is 7.11. The summed E-state index contributed by atoms with van der Waals surface area (Å²) in [6.07, 6.45) is 0.352. The quantitative estimate of drug-likeness (QED) is 0.591. The van der Waals surface area contributed by atoms with E-state index in [1.807, 2.05) is 12.2 Å². The van der Waals surface area contributed by atoms with Gasteiger partial charge in [0, 0.05) is 0 Å². The van der Waals surface area contributed by atoms with Crippen molar-refractivity contribution in [1.29, 1.82) is 0 Å². The summed E-state index contributed by atoms with van der Waals surface area (Å²) in [4.78, 5) is 26.1. The number of halogens is 3. The van der Waals surface area contributed by atoms with E-state index < -0.39 is 11.7 Å². The van der Waals surface area contributed by atoms with Gasteiger partial charge in [0.25, 0.3) is 0 Å². The molecule has 0 N–H and O–H groups in total. The highest BCUT2D eigenvalue weighted by molar-refractivity contribution is 6.22. The van der Waals surface area contributed by atoms with Gasteiger partial charge in [-0.3, -0.25) is 14.5 Å². The lowest BCUT2D eigenvalue weighted by Gasteiger charge is -2.18. The van der Waals surface area contributed by atoms with Crippen LogP contribution in [-0.2, 0) is 15.8 Å². The lowest BCUT2D eigenvalue weighted by Crippen LogP contribution is -2.32. The van der Waals surface area contributed by atoms with E-state index in [1.54, 1.807) is 0 Å². The van der Waals surface area contributed by atoms with Gasteiger partial charge in [0.2, 0.25) is 11.8 Å². The summed E-state index contributed by atoms with van der Waals surface area (Å²) < 4.78 is 37.8. The van der Waals surface area contributed by atoms with E-state index in [0.29, 0.717) is 0 Å². The molecule has 3 nitrogen and oxygen atoms in total. The number of hydrogen-bond donors (Lipinski definition) is 0. The molecule has 0 spiro atoms. The molecule has 1 saturated heterocycles. The van der Waals surface area contributed by atoms with Crippen LogP contribution < -0.4 is 4.90 Å². The second-order valence-corrected chi connectivity index (χ2v) is 6.06. The number of hydrogen-bond acceptors (Lipinski definition) is 2. The summed E-state index contributed by atoms with van der Waals surface area (Å²) in [7, 11) is 0. The van der Waals surface area contributed by atoms with Gasteiger partial charge < -0.3 is 0 Å². The molecule has 0 aromatic heterocycles. The molecule has 0 unspecified atom stereocenters. The molecule has 4 rings (SSSR count). The van der Waals surface area contributed by atoms with Crippen LogP contribution in [0.2, 0.25) is 0 Å². The third kappa shape index (κ3) is 1.69. The fourth-order valence-electron chi connectivity index (χ4n) is 3.96. The van der Waals surface area contributed by atoms with Crippen LogP contribution in [-0.4, -0.2) is 11.8 Å². The first kappa shape index (κ1) is 13.5. The number of fused-ring (bicyclic) bond motifs is 5. The zero-order valence-electron chi connectivity index (χ0n) is 11.4. The van der Waals surface area contributed by atoms with E-state index in [4.69, 9.17) is 0 Å². The summed E-state index contributed by atoms with van der Waals surface area (Å²) in [5, 5.41) is 0. The number of rotatable bonds is 1. The van der Waals surface area contributed by atoms with Gasteiger partial charge >= 0.3 is 6.18 Å². The van der Waals surface area contributed by atoms with Gasteiger partial charge in [0.1, 0.15) is 0 Å². The smallest absolute Gasteiger partial charge is 0.274 e. The number of amides is 2. The van der Waals surface area contributed by atoms with Crippen molar-refractivity contribution in [3.8, 4) is 0 Å². The van der Waals surface area contributed by atoms with Crippen LogP contribution in [0.15, 0.2) is 36.4 Å². The van der Waals surface area contributed by atoms with Crippen molar-refractivity contribution >= 4 is 17.5 Å². The van der Waals surface area contributed by atoms with Crippen molar-refractivity contribution in [2.75, 3.05) is 4.90 Å². The first-order valence-corrected chi connectivity index (χ1v) is 7.11. The molecule has 1 aliphatic heterocycles. The molecule has 1 saturated carbocycles. The molecule has 2 bridgehead atoms. The molecule has 1 aromatic rings. The minimum absolute atomic E-state index is 0.0888. The summed E-state index contributed by atoms with van der Waals surface area (Å²) in [6.45, 7) is 0. The molecule has 1 heterocycles. The van der Waals surface area contributed by atoms with Gasteiger partial charge in [0.15, 0.2) is 0 Å². The summed E-state index contributed by atoms with van der Waals surface area (Å²) in [6, 6.07) is 4.18. The molecule has 4 atom stereocenters. The predicted octanol–water partition coefficient (Wildman–Crippen LogP) is 3.02. The van der Waals surface area contributed by atoms with E-state index >= 15 is 0 Å². The molecule has 114 valence electrons. The van der Waals surface area contributed by atoms with Crippen LogP contribution >= 0.6 is 0 Å². The largest absolute Gasteiger partial charge is 0.416 e. The highest BCUT2D eigenvalue weighted by Gasteiger charge is 2.59. The minimum Gasteiger partial charge on any atom is -0.274 e. The van der Waals surface area contributed by atoms with Crippen molar-refractivity contribution in [2.24, 2.45) is 23.7 Å². The highest BCUT2D eigenvalue weighted by Crippen LogP contribution is 2.53. The number of anilines is 1. The second-order valence-electron chi connectivity index (χ2n) is 6.06. The number of imide groups is 1. The third-order valence-electron chi connectivity index (χ3n) is 4.92. The molecule has 2 fully saturated rings. The Hall–Kier alpha value is -2.11. The zero-order valence-corrected chi connectivity index (χ0v) is 11.4. The molecular formula is C16H12F3NO2. The van der Waals surface area contributed by atoms with E-state index in [9.17, 15) is 22.8 Å². The summed E-state index contributed by atoms with van der Waals surface area (Å²) >= 11 is 0. The van der Waals surface area contributed by atoms with Gasteiger partial charge in [-0.1, -0.05) is 12.2 Å². The monoisotopic (exact) mass is 307 g/mol. The van der Waals surface area contributed by atoms with Crippen molar-refractivity contribution in [3.63, 3.8) is 0 Å². The summed E-state index contributed by atoms with van der Waals surface area (Å²) in [5.74, 6) is -1.08. The number of benzene rings is 1. The Bertz CT molecular complexity index is 662. The Balaban J connectivity index is 1.67. The van der Waals surface area contributed by atoms with Gasteiger partial charge in [0.05, 0.1) is 23.1 Å². The predicted molar refractivity (Wildman–Crippen MR) is 71.7 cm³/mol. The van der Waals surface area contributed by atoms with Gasteiger partial charge in [-0.25, -0.2) is 0 Å². The molecule has 0 radical (unpaired) electrons. The average Bonchev–Trinajstić information content (AvgIpc) is 3.12. The van der Waals surface area contributed by atoms with Gasteiger partial charge in [-0.15, -0.1) is 0 Å². The van der Waals surface area contributed by atoms with Crippen molar-refractivity contribution in [3.05, 3.63) is 42.0 Å². The van der Waals surface area contributed by atoms with E-state index in [-0.39, 0.29) is 41.2 Å². The molecular weight excluding hydrogens is 295 g/mol. The zero-order chi connectivity index (χ0) is 15.6. The molecule has 1 aromatic carbocycles. The molecule has 2 aliphatic carbocycles. The SMILES string of the molecule is O=C1[C@@H]2[C@H](C(=O)N1c1ccc(C(F)(F)F)cc1)[C@H]1C=C[C@H]2C1. The number of allylic oxidation sites excluding steroid dienone is 2. The number of nitrogens with zero attached hydrogens (tertiary/aromatic N) is 1. The van der Waals surface area contributed by atoms with Crippen LogP contribution in [0.5, 0.6) is 0 Å². The third-order valence-corrected chi connectivity index (χ3v) is 4.92. The fourth-order valence-corrected chi connectivity index (χ4v) is 3.96. The molecule has 22 heavy (non-hydrogen) atoms. The average molecular weight is 307 g/mol. The van der Waals surface area contributed by atoms with Crippen LogP contribution in [0, 0.1) is 23.7 Å². The maximum Gasteiger partial charge on any atom is 0.416 e. The van der Waals surface area contributed by atoms with Crippen LogP contribution in [0.25, 0.3) is 0 Å².